The highest BCUT2D eigenvalue weighted by molar-refractivity contribution is 7.99. The number of carbonyl (C=O) groups excluding carboxylic acids is 1. The molecule has 0 saturated heterocycles. The topological polar surface area (TPSA) is 83.0 Å². The van der Waals surface area contributed by atoms with Gasteiger partial charge >= 0.3 is 5.97 Å². The highest BCUT2D eigenvalue weighted by atomic mass is 32.2. The molecule has 0 bridgehead atoms. The van der Waals surface area contributed by atoms with Crippen LogP contribution in [0.25, 0.3) is 0 Å². The predicted octanol–water partition coefficient (Wildman–Crippen LogP) is 0.337. The SMILES string of the molecule is COC(=O)CSc1nnc(CN)n1C1CC1. The molecule has 0 aliphatic heterocycles. The molecule has 88 valence electrons. The summed E-state index contributed by atoms with van der Waals surface area (Å²) in [6, 6.07) is 0.466. The van der Waals surface area contributed by atoms with Gasteiger partial charge in [-0.1, -0.05) is 11.8 Å². The Labute approximate surface area is 97.5 Å². The summed E-state index contributed by atoms with van der Waals surface area (Å²) < 4.78 is 6.61. The minimum atomic E-state index is -0.260. The molecule has 0 unspecified atom stereocenters. The van der Waals surface area contributed by atoms with Gasteiger partial charge in [0.15, 0.2) is 5.16 Å². The van der Waals surface area contributed by atoms with Gasteiger partial charge in [0, 0.05) is 6.04 Å². The first-order valence-electron chi connectivity index (χ1n) is 5.09. The molecule has 1 saturated carbocycles. The number of hydrogen-bond acceptors (Lipinski definition) is 6. The maximum atomic E-state index is 11.0. The zero-order valence-electron chi connectivity index (χ0n) is 9.05. The second-order valence-electron chi connectivity index (χ2n) is 3.57. The fourth-order valence-electron chi connectivity index (χ4n) is 1.43. The van der Waals surface area contributed by atoms with E-state index in [1.807, 2.05) is 4.57 Å². The van der Waals surface area contributed by atoms with Gasteiger partial charge in [0.25, 0.3) is 0 Å². The van der Waals surface area contributed by atoms with E-state index < -0.39 is 0 Å². The Morgan fingerprint density at radius 2 is 2.38 bits per heavy atom. The van der Waals surface area contributed by atoms with Gasteiger partial charge < -0.3 is 15.0 Å². The van der Waals surface area contributed by atoms with Crippen LogP contribution in [0, 0.1) is 0 Å². The zero-order chi connectivity index (χ0) is 11.5. The summed E-state index contributed by atoms with van der Waals surface area (Å²) in [6.45, 7) is 0.377. The number of aromatic nitrogens is 3. The van der Waals surface area contributed by atoms with Crippen molar-refractivity contribution in [3.05, 3.63) is 5.82 Å². The third-order valence-corrected chi connectivity index (χ3v) is 3.29. The van der Waals surface area contributed by atoms with Crippen LogP contribution in [0.5, 0.6) is 0 Å². The lowest BCUT2D eigenvalue weighted by Gasteiger charge is -2.06. The van der Waals surface area contributed by atoms with E-state index in [2.05, 4.69) is 14.9 Å². The van der Waals surface area contributed by atoms with Gasteiger partial charge in [-0.3, -0.25) is 4.79 Å². The molecule has 0 aromatic carbocycles. The van der Waals surface area contributed by atoms with Gasteiger partial charge in [-0.2, -0.15) is 0 Å². The monoisotopic (exact) mass is 242 g/mol. The Hall–Kier alpha value is -1.08. The maximum Gasteiger partial charge on any atom is 0.316 e. The fraction of sp³-hybridized carbons (Fsp3) is 0.667. The molecule has 1 aliphatic carbocycles. The van der Waals surface area contributed by atoms with Crippen LogP contribution in [0.3, 0.4) is 0 Å². The van der Waals surface area contributed by atoms with Gasteiger partial charge in [0.1, 0.15) is 5.82 Å². The molecule has 1 aromatic rings. The molecule has 16 heavy (non-hydrogen) atoms. The molecule has 6 nitrogen and oxygen atoms in total. The molecule has 1 aliphatic rings. The van der Waals surface area contributed by atoms with Crippen molar-refractivity contribution in [2.24, 2.45) is 5.73 Å². The van der Waals surface area contributed by atoms with Crippen LogP contribution in [-0.2, 0) is 16.1 Å². The zero-order valence-corrected chi connectivity index (χ0v) is 9.87. The summed E-state index contributed by atoms with van der Waals surface area (Å²) in [6.07, 6.45) is 2.27. The molecule has 2 rings (SSSR count). The average molecular weight is 242 g/mol. The van der Waals surface area contributed by atoms with Gasteiger partial charge in [0.05, 0.1) is 19.4 Å². The first-order chi connectivity index (χ1) is 7.76. The number of nitrogens with two attached hydrogens (primary N) is 1. The molecule has 7 heteroatoms. The fourth-order valence-corrected chi connectivity index (χ4v) is 2.28. The van der Waals surface area contributed by atoms with E-state index in [1.165, 1.54) is 18.9 Å². The van der Waals surface area contributed by atoms with Crippen molar-refractivity contribution in [1.29, 1.82) is 0 Å². The molecule has 1 heterocycles. The molecule has 0 spiro atoms. The lowest BCUT2D eigenvalue weighted by molar-refractivity contribution is -0.137. The molecule has 0 atom stereocenters. The second kappa shape index (κ2) is 4.84. The number of methoxy groups -OCH3 is 1. The molecule has 1 aromatic heterocycles. The van der Waals surface area contributed by atoms with Gasteiger partial charge in [-0.25, -0.2) is 0 Å². The summed E-state index contributed by atoms with van der Waals surface area (Å²) in [5.74, 6) is 0.783. The number of ether oxygens (including phenoxy) is 1. The van der Waals surface area contributed by atoms with Crippen LogP contribution in [-0.4, -0.2) is 33.6 Å². The van der Waals surface area contributed by atoms with Crippen molar-refractivity contribution in [3.8, 4) is 0 Å². The molecule has 1 fully saturated rings. The van der Waals surface area contributed by atoms with E-state index in [0.717, 1.165) is 23.8 Å². The summed E-state index contributed by atoms with van der Waals surface area (Å²) in [4.78, 5) is 11.0. The Morgan fingerprint density at radius 3 is 2.94 bits per heavy atom. The van der Waals surface area contributed by atoms with Crippen molar-refractivity contribution in [2.45, 2.75) is 30.6 Å². The van der Waals surface area contributed by atoms with Crippen LogP contribution in [0.2, 0.25) is 0 Å². The normalized spacial score (nSPS) is 15.1. The maximum absolute atomic E-state index is 11.0. The minimum Gasteiger partial charge on any atom is -0.468 e. The number of carbonyl (C=O) groups is 1. The Morgan fingerprint density at radius 1 is 1.62 bits per heavy atom. The Kier molecular flexibility index (Phi) is 3.45. The van der Waals surface area contributed by atoms with E-state index in [4.69, 9.17) is 5.73 Å². The van der Waals surface area contributed by atoms with Crippen molar-refractivity contribution in [3.63, 3.8) is 0 Å². The third-order valence-electron chi connectivity index (χ3n) is 2.38. The lowest BCUT2D eigenvalue weighted by Crippen LogP contribution is -2.09. The van der Waals surface area contributed by atoms with Crippen molar-refractivity contribution < 1.29 is 9.53 Å². The Bertz CT molecular complexity index is 389. The summed E-state index contributed by atoms with van der Waals surface area (Å²) in [7, 11) is 1.37. The van der Waals surface area contributed by atoms with Gasteiger partial charge in [-0.15, -0.1) is 10.2 Å². The standard InChI is InChI=1S/C9H14N4O2S/c1-15-8(14)5-16-9-12-11-7(4-10)13(9)6-2-3-6/h6H,2-5,10H2,1H3. The molecule has 2 N–H and O–H groups in total. The smallest absolute Gasteiger partial charge is 0.316 e. The number of rotatable bonds is 5. The first-order valence-corrected chi connectivity index (χ1v) is 6.08. The predicted molar refractivity (Wildman–Crippen MR) is 58.9 cm³/mol. The minimum absolute atomic E-state index is 0.256. The van der Waals surface area contributed by atoms with Crippen LogP contribution in [0.4, 0.5) is 0 Å². The highest BCUT2D eigenvalue weighted by Gasteiger charge is 2.29. The van der Waals surface area contributed by atoms with Crippen molar-refractivity contribution in [2.75, 3.05) is 12.9 Å². The number of thioether (sulfide) groups is 1. The number of hydrogen-bond donors (Lipinski definition) is 1. The molecular formula is C9H14N4O2S. The largest absolute Gasteiger partial charge is 0.468 e. The van der Waals surface area contributed by atoms with Gasteiger partial charge in [0.2, 0.25) is 0 Å². The number of esters is 1. The summed E-state index contributed by atoms with van der Waals surface area (Å²) >= 11 is 1.34. The molecule has 0 radical (unpaired) electrons. The summed E-state index contributed by atoms with van der Waals surface area (Å²) in [5, 5.41) is 8.82. The van der Waals surface area contributed by atoms with E-state index in [-0.39, 0.29) is 11.7 Å². The third kappa shape index (κ3) is 2.35. The number of nitrogens with zero attached hydrogens (tertiary/aromatic N) is 3. The van der Waals surface area contributed by atoms with Crippen LogP contribution >= 0.6 is 11.8 Å². The van der Waals surface area contributed by atoms with E-state index in [9.17, 15) is 4.79 Å². The van der Waals surface area contributed by atoms with Crippen molar-refractivity contribution in [1.82, 2.24) is 14.8 Å². The van der Waals surface area contributed by atoms with Gasteiger partial charge in [-0.05, 0) is 12.8 Å². The molecule has 0 amide bonds. The molecular weight excluding hydrogens is 228 g/mol. The van der Waals surface area contributed by atoms with E-state index >= 15 is 0 Å². The highest BCUT2D eigenvalue weighted by Crippen LogP contribution is 2.38. The van der Waals surface area contributed by atoms with Crippen molar-refractivity contribution >= 4 is 17.7 Å². The quantitative estimate of drug-likeness (QED) is 0.592. The second-order valence-corrected chi connectivity index (χ2v) is 4.51. The first kappa shape index (κ1) is 11.4. The van der Waals surface area contributed by atoms with E-state index in [1.54, 1.807) is 0 Å². The van der Waals surface area contributed by atoms with Crippen LogP contribution in [0.15, 0.2) is 5.16 Å². The lowest BCUT2D eigenvalue weighted by atomic mass is 10.5. The Balaban J connectivity index is 2.08. The van der Waals surface area contributed by atoms with Crippen LogP contribution < -0.4 is 5.73 Å². The summed E-state index contributed by atoms with van der Waals surface area (Å²) in [5.41, 5.74) is 5.59. The average Bonchev–Trinajstić information content (AvgIpc) is 3.06. The van der Waals surface area contributed by atoms with E-state index in [0.29, 0.717) is 12.6 Å². The van der Waals surface area contributed by atoms with Crippen LogP contribution in [0.1, 0.15) is 24.7 Å².